The molecule has 0 rings (SSSR count). The molecule has 0 heterocycles. The number of carbonyl (C=O) groups is 1. The van der Waals surface area contributed by atoms with Crippen LogP contribution < -0.4 is 0 Å². The van der Waals surface area contributed by atoms with E-state index in [0.717, 1.165) is 18.4 Å². The van der Waals surface area contributed by atoms with Crippen molar-refractivity contribution in [2.75, 3.05) is 6.61 Å². The zero-order chi connectivity index (χ0) is 9.40. The molecule has 0 fully saturated rings. The van der Waals surface area contributed by atoms with Crippen molar-refractivity contribution in [3.63, 3.8) is 0 Å². The lowest BCUT2D eigenvalue weighted by Crippen LogP contribution is -1.98. The Bertz CT molecular complexity index is 219. The first-order valence-corrected chi connectivity index (χ1v) is 3.32. The third kappa shape index (κ3) is 6.47. The van der Waals surface area contributed by atoms with Crippen LogP contribution in [0.4, 0.5) is 0 Å². The Morgan fingerprint density at radius 3 is 2.75 bits per heavy atom. The number of hydrogen-bond donors (Lipinski definition) is 0. The maximum atomic E-state index is 10.6. The first kappa shape index (κ1) is 10.3. The number of ether oxygens (including phenoxy) is 1. The van der Waals surface area contributed by atoms with Gasteiger partial charge in [0.25, 0.3) is 0 Å². The standard InChI is InChI=1S/C7H9NO4/c1-2-12-7(9)5-3-4-6-8(10)11/h3-6H,2H2,1H3/b5-3+,6-4+. The highest BCUT2D eigenvalue weighted by Gasteiger charge is 1.90. The first-order chi connectivity index (χ1) is 5.66. The molecule has 66 valence electrons. The molecule has 12 heavy (non-hydrogen) atoms. The predicted octanol–water partition coefficient (Wildman–Crippen LogP) is 0.896. The molecule has 5 nitrogen and oxygen atoms in total. The molecule has 0 atom stereocenters. The second kappa shape index (κ2) is 6.09. The van der Waals surface area contributed by atoms with Crippen molar-refractivity contribution in [3.05, 3.63) is 34.5 Å². The molecule has 0 aromatic rings. The van der Waals surface area contributed by atoms with Crippen molar-refractivity contribution < 1.29 is 14.5 Å². The minimum absolute atomic E-state index is 0.294. The highest BCUT2D eigenvalue weighted by molar-refractivity contribution is 5.82. The summed E-state index contributed by atoms with van der Waals surface area (Å²) in [6.07, 6.45) is 4.25. The third-order valence-corrected chi connectivity index (χ3v) is 0.838. The maximum Gasteiger partial charge on any atom is 0.330 e. The van der Waals surface area contributed by atoms with Crippen LogP contribution in [0.2, 0.25) is 0 Å². The smallest absolute Gasteiger partial charge is 0.330 e. The van der Waals surface area contributed by atoms with Gasteiger partial charge in [0.2, 0.25) is 6.20 Å². The predicted molar refractivity (Wildman–Crippen MR) is 41.9 cm³/mol. The van der Waals surface area contributed by atoms with Crippen molar-refractivity contribution in [2.24, 2.45) is 0 Å². The minimum Gasteiger partial charge on any atom is -0.463 e. The topological polar surface area (TPSA) is 69.4 Å². The first-order valence-electron chi connectivity index (χ1n) is 3.32. The Morgan fingerprint density at radius 2 is 2.25 bits per heavy atom. The molecular formula is C7H9NO4. The molecule has 0 aliphatic carbocycles. The number of rotatable bonds is 4. The van der Waals surface area contributed by atoms with Gasteiger partial charge in [-0.3, -0.25) is 10.1 Å². The zero-order valence-corrected chi connectivity index (χ0v) is 6.60. The van der Waals surface area contributed by atoms with Crippen LogP contribution >= 0.6 is 0 Å². The van der Waals surface area contributed by atoms with Gasteiger partial charge in [-0.2, -0.15) is 0 Å². The molecule has 5 heteroatoms. The zero-order valence-electron chi connectivity index (χ0n) is 6.60. The summed E-state index contributed by atoms with van der Waals surface area (Å²) in [4.78, 5) is 19.7. The second-order valence-electron chi connectivity index (χ2n) is 1.74. The molecule has 0 N–H and O–H groups in total. The molecule has 0 saturated heterocycles. The second-order valence-corrected chi connectivity index (χ2v) is 1.74. The van der Waals surface area contributed by atoms with E-state index in [2.05, 4.69) is 4.74 Å². The average Bonchev–Trinajstić information content (AvgIpc) is 1.98. The van der Waals surface area contributed by atoms with Crippen molar-refractivity contribution in [1.29, 1.82) is 0 Å². The van der Waals surface area contributed by atoms with Gasteiger partial charge < -0.3 is 4.74 Å². The third-order valence-electron chi connectivity index (χ3n) is 0.838. The normalized spacial score (nSPS) is 10.8. The van der Waals surface area contributed by atoms with Gasteiger partial charge in [0.05, 0.1) is 11.5 Å². The van der Waals surface area contributed by atoms with Crippen molar-refractivity contribution >= 4 is 5.97 Å². The molecule has 0 aromatic heterocycles. The average molecular weight is 171 g/mol. The van der Waals surface area contributed by atoms with Gasteiger partial charge in [0.15, 0.2) is 0 Å². The van der Waals surface area contributed by atoms with Crippen LogP contribution in [0, 0.1) is 10.1 Å². The molecule has 0 aliphatic rings. The lowest BCUT2D eigenvalue weighted by molar-refractivity contribution is -0.402. The van der Waals surface area contributed by atoms with E-state index in [1.165, 1.54) is 6.08 Å². The molecule has 0 bridgehead atoms. The Kier molecular flexibility index (Phi) is 5.25. The van der Waals surface area contributed by atoms with E-state index in [1.54, 1.807) is 6.92 Å². The van der Waals surface area contributed by atoms with Gasteiger partial charge >= 0.3 is 5.97 Å². The largest absolute Gasteiger partial charge is 0.463 e. The van der Waals surface area contributed by atoms with Crippen molar-refractivity contribution in [2.45, 2.75) is 6.92 Å². The van der Waals surface area contributed by atoms with Crippen molar-refractivity contribution in [1.82, 2.24) is 0 Å². The van der Waals surface area contributed by atoms with Crippen LogP contribution in [0.15, 0.2) is 24.4 Å². The molecule has 0 amide bonds. The number of esters is 1. The monoisotopic (exact) mass is 171 g/mol. The number of hydrogen-bond acceptors (Lipinski definition) is 4. The molecular weight excluding hydrogens is 162 g/mol. The fraction of sp³-hybridized carbons (Fsp3) is 0.286. The fourth-order valence-corrected chi connectivity index (χ4v) is 0.444. The maximum absolute atomic E-state index is 10.6. The van der Waals surface area contributed by atoms with E-state index < -0.39 is 10.9 Å². The Hall–Kier alpha value is -1.65. The fourth-order valence-electron chi connectivity index (χ4n) is 0.444. The van der Waals surface area contributed by atoms with Crippen LogP contribution in [0.1, 0.15) is 6.92 Å². The molecule has 0 aromatic carbocycles. The highest BCUT2D eigenvalue weighted by Crippen LogP contribution is 1.82. The molecule has 0 unspecified atom stereocenters. The number of allylic oxidation sites excluding steroid dienone is 2. The number of nitro groups is 1. The quantitative estimate of drug-likeness (QED) is 0.207. The van der Waals surface area contributed by atoms with Crippen molar-refractivity contribution in [3.8, 4) is 0 Å². The summed E-state index contributed by atoms with van der Waals surface area (Å²) in [5.74, 6) is -0.509. The van der Waals surface area contributed by atoms with Gasteiger partial charge in [0, 0.05) is 12.2 Å². The lowest BCUT2D eigenvalue weighted by Gasteiger charge is -1.91. The van der Waals surface area contributed by atoms with Crippen LogP contribution in [-0.4, -0.2) is 17.5 Å². The number of carbonyl (C=O) groups excluding carboxylic acids is 1. The van der Waals surface area contributed by atoms with Crippen LogP contribution in [-0.2, 0) is 9.53 Å². The molecule has 0 saturated carbocycles. The van der Waals surface area contributed by atoms with E-state index in [0.29, 0.717) is 6.61 Å². The summed E-state index contributed by atoms with van der Waals surface area (Å²) >= 11 is 0. The van der Waals surface area contributed by atoms with Gasteiger partial charge in [0.1, 0.15) is 0 Å². The summed E-state index contributed by atoms with van der Waals surface area (Å²) in [5.41, 5.74) is 0. The summed E-state index contributed by atoms with van der Waals surface area (Å²) < 4.78 is 4.52. The Balaban J connectivity index is 3.75. The van der Waals surface area contributed by atoms with Crippen LogP contribution in [0.3, 0.4) is 0 Å². The highest BCUT2D eigenvalue weighted by atomic mass is 16.6. The van der Waals surface area contributed by atoms with E-state index in [1.807, 2.05) is 0 Å². The van der Waals surface area contributed by atoms with Gasteiger partial charge in [-0.05, 0) is 13.0 Å². The van der Waals surface area contributed by atoms with E-state index in [-0.39, 0.29) is 0 Å². The Morgan fingerprint density at radius 1 is 1.58 bits per heavy atom. The van der Waals surface area contributed by atoms with E-state index >= 15 is 0 Å². The van der Waals surface area contributed by atoms with E-state index in [4.69, 9.17) is 0 Å². The van der Waals surface area contributed by atoms with Gasteiger partial charge in [-0.1, -0.05) is 0 Å². The lowest BCUT2D eigenvalue weighted by atomic mass is 10.5. The van der Waals surface area contributed by atoms with Crippen LogP contribution in [0.5, 0.6) is 0 Å². The molecule has 0 aliphatic heterocycles. The summed E-state index contributed by atoms with van der Waals surface area (Å²) in [5, 5.41) is 9.74. The van der Waals surface area contributed by atoms with Crippen LogP contribution in [0.25, 0.3) is 0 Å². The summed E-state index contributed by atoms with van der Waals surface area (Å²) in [6, 6.07) is 0. The van der Waals surface area contributed by atoms with Gasteiger partial charge in [-0.15, -0.1) is 0 Å². The number of nitrogens with zero attached hydrogens (tertiary/aromatic N) is 1. The van der Waals surface area contributed by atoms with Gasteiger partial charge in [-0.25, -0.2) is 4.79 Å². The summed E-state index contributed by atoms with van der Waals surface area (Å²) in [7, 11) is 0. The Labute approximate surface area is 69.5 Å². The molecule has 0 spiro atoms. The van der Waals surface area contributed by atoms with E-state index in [9.17, 15) is 14.9 Å². The SMILES string of the molecule is CCOC(=O)/C=C/C=C/[N+](=O)[O-]. The minimum atomic E-state index is -0.616. The summed E-state index contributed by atoms with van der Waals surface area (Å²) in [6.45, 7) is 1.97. The molecule has 0 radical (unpaired) electrons.